The Hall–Kier alpha value is -0.0800. The van der Waals surface area contributed by atoms with Crippen molar-refractivity contribution in [1.82, 2.24) is 0 Å². The Balaban J connectivity index is 2.53. The molecule has 0 heterocycles. The van der Waals surface area contributed by atoms with Crippen molar-refractivity contribution in [3.8, 4) is 0 Å². The van der Waals surface area contributed by atoms with Crippen LogP contribution in [0.15, 0.2) is 0 Å². The zero-order valence-electron chi connectivity index (χ0n) is 5.10. The molecule has 0 spiro atoms. The van der Waals surface area contributed by atoms with Gasteiger partial charge >= 0.3 is 0 Å². The van der Waals surface area contributed by atoms with Crippen LogP contribution in [0.1, 0.15) is 12.8 Å². The van der Waals surface area contributed by atoms with Crippen molar-refractivity contribution in [2.24, 2.45) is 0 Å². The van der Waals surface area contributed by atoms with Crippen molar-refractivity contribution in [3.05, 3.63) is 6.92 Å². The molecule has 0 aliphatic carbocycles. The minimum absolute atomic E-state index is 0.264. The first kappa shape index (κ1) is 7.92. The largest absolute Gasteiger partial charge is 0.396 e. The highest BCUT2D eigenvalue weighted by atomic mass is 16.5. The van der Waals surface area contributed by atoms with E-state index in [0.29, 0.717) is 6.61 Å². The Bertz CT molecular complexity index is 31.5. The van der Waals surface area contributed by atoms with Crippen molar-refractivity contribution in [3.63, 3.8) is 0 Å². The quantitative estimate of drug-likeness (QED) is 0.534. The summed E-state index contributed by atoms with van der Waals surface area (Å²) in [6.45, 7) is 5.02. The van der Waals surface area contributed by atoms with Crippen LogP contribution < -0.4 is 0 Å². The van der Waals surface area contributed by atoms with Gasteiger partial charge < -0.3 is 9.84 Å². The van der Waals surface area contributed by atoms with Crippen LogP contribution in [0.5, 0.6) is 0 Å². The van der Waals surface area contributed by atoms with Crippen molar-refractivity contribution in [2.75, 3.05) is 19.8 Å². The summed E-state index contributed by atoms with van der Waals surface area (Å²) in [5.74, 6) is 0. The Morgan fingerprint density at radius 1 is 1.38 bits per heavy atom. The van der Waals surface area contributed by atoms with Crippen molar-refractivity contribution in [1.29, 1.82) is 0 Å². The summed E-state index contributed by atoms with van der Waals surface area (Å²) in [6.07, 6.45) is 1.77. The second kappa shape index (κ2) is 6.92. The Kier molecular flexibility index (Phi) is 6.85. The molecular weight excluding hydrogens is 104 g/mol. The maximum absolute atomic E-state index is 8.29. The van der Waals surface area contributed by atoms with Gasteiger partial charge in [-0.2, -0.15) is 0 Å². The molecule has 0 bridgehead atoms. The molecule has 0 saturated heterocycles. The highest BCUT2D eigenvalue weighted by Crippen LogP contribution is 1.86. The highest BCUT2D eigenvalue weighted by molar-refractivity contribution is 4.36. The second-order valence-electron chi connectivity index (χ2n) is 1.54. The number of hydrogen-bond donors (Lipinski definition) is 1. The second-order valence-corrected chi connectivity index (χ2v) is 1.54. The van der Waals surface area contributed by atoms with Crippen LogP contribution in [0.3, 0.4) is 0 Å². The SMILES string of the molecule is [CH2]COCCCCO. The third kappa shape index (κ3) is 5.92. The molecule has 0 aliphatic heterocycles. The topological polar surface area (TPSA) is 29.5 Å². The van der Waals surface area contributed by atoms with Crippen LogP contribution in [0.2, 0.25) is 0 Å². The molecule has 0 rings (SSSR count). The molecule has 2 heteroatoms. The molecule has 2 nitrogen and oxygen atoms in total. The van der Waals surface area contributed by atoms with Gasteiger partial charge in [0.15, 0.2) is 0 Å². The van der Waals surface area contributed by atoms with E-state index in [0.717, 1.165) is 19.4 Å². The first-order chi connectivity index (χ1) is 3.91. The van der Waals surface area contributed by atoms with Gasteiger partial charge in [-0.25, -0.2) is 0 Å². The lowest BCUT2D eigenvalue weighted by atomic mass is 10.3. The highest BCUT2D eigenvalue weighted by Gasteiger charge is 1.83. The third-order valence-corrected chi connectivity index (χ3v) is 0.841. The van der Waals surface area contributed by atoms with E-state index in [1.807, 2.05) is 0 Å². The van der Waals surface area contributed by atoms with Gasteiger partial charge in [0.05, 0.1) is 0 Å². The van der Waals surface area contributed by atoms with Gasteiger partial charge in [-0.1, -0.05) is 0 Å². The van der Waals surface area contributed by atoms with E-state index in [1.54, 1.807) is 0 Å². The molecule has 49 valence electrons. The van der Waals surface area contributed by atoms with E-state index < -0.39 is 0 Å². The predicted octanol–water partition coefficient (Wildman–Crippen LogP) is 0.610. The molecule has 0 atom stereocenters. The van der Waals surface area contributed by atoms with E-state index in [-0.39, 0.29) is 6.61 Å². The van der Waals surface area contributed by atoms with Crippen LogP contribution >= 0.6 is 0 Å². The molecular formula is C6H13O2. The summed E-state index contributed by atoms with van der Waals surface area (Å²) < 4.78 is 4.91. The molecule has 0 fully saturated rings. The summed E-state index contributed by atoms with van der Waals surface area (Å²) in [4.78, 5) is 0. The summed E-state index contributed by atoms with van der Waals surface area (Å²) in [5.41, 5.74) is 0. The first-order valence-corrected chi connectivity index (χ1v) is 2.89. The standard InChI is InChI=1S/C6H13O2/c1-2-8-6-4-3-5-7/h7H,1-6H2. The van der Waals surface area contributed by atoms with Crippen molar-refractivity contribution < 1.29 is 9.84 Å². The number of rotatable bonds is 5. The lowest BCUT2D eigenvalue weighted by Gasteiger charge is -1.96. The Labute approximate surface area is 50.5 Å². The van der Waals surface area contributed by atoms with Gasteiger partial charge in [0.25, 0.3) is 0 Å². The minimum atomic E-state index is 0.264. The van der Waals surface area contributed by atoms with E-state index >= 15 is 0 Å². The molecule has 8 heavy (non-hydrogen) atoms. The van der Waals surface area contributed by atoms with Gasteiger partial charge in [0.1, 0.15) is 0 Å². The van der Waals surface area contributed by atoms with E-state index in [4.69, 9.17) is 9.84 Å². The molecule has 0 amide bonds. The molecule has 0 aromatic heterocycles. The number of aliphatic hydroxyl groups is 1. The molecule has 1 N–H and O–H groups in total. The monoisotopic (exact) mass is 117 g/mol. The summed E-state index contributed by atoms with van der Waals surface area (Å²) in [7, 11) is 0. The summed E-state index contributed by atoms with van der Waals surface area (Å²) >= 11 is 0. The molecule has 0 unspecified atom stereocenters. The number of unbranched alkanes of at least 4 members (excludes halogenated alkanes) is 1. The smallest absolute Gasteiger partial charge is 0.0466 e. The van der Waals surface area contributed by atoms with E-state index in [2.05, 4.69) is 6.92 Å². The normalized spacial score (nSPS) is 9.75. The maximum Gasteiger partial charge on any atom is 0.0466 e. The number of ether oxygens (including phenoxy) is 1. The van der Waals surface area contributed by atoms with Crippen molar-refractivity contribution in [2.45, 2.75) is 12.8 Å². The van der Waals surface area contributed by atoms with E-state index in [1.165, 1.54) is 0 Å². The van der Waals surface area contributed by atoms with Gasteiger partial charge in [-0.15, -0.1) is 0 Å². The molecule has 0 aromatic carbocycles. The van der Waals surface area contributed by atoms with Gasteiger partial charge in [0.2, 0.25) is 0 Å². The van der Waals surface area contributed by atoms with Crippen LogP contribution in [0, 0.1) is 6.92 Å². The molecule has 0 aliphatic rings. The molecule has 0 aromatic rings. The number of aliphatic hydroxyl groups excluding tert-OH is 1. The average molecular weight is 117 g/mol. The van der Waals surface area contributed by atoms with Crippen LogP contribution in [-0.4, -0.2) is 24.9 Å². The van der Waals surface area contributed by atoms with Gasteiger partial charge in [0, 0.05) is 19.8 Å². The summed E-state index contributed by atoms with van der Waals surface area (Å²) in [5, 5.41) is 8.29. The lowest BCUT2D eigenvalue weighted by molar-refractivity contribution is 0.149. The zero-order chi connectivity index (χ0) is 6.24. The Morgan fingerprint density at radius 2 is 2.12 bits per heavy atom. The van der Waals surface area contributed by atoms with Gasteiger partial charge in [-0.3, -0.25) is 0 Å². The predicted molar refractivity (Wildman–Crippen MR) is 32.5 cm³/mol. The lowest BCUT2D eigenvalue weighted by Crippen LogP contribution is -1.94. The maximum atomic E-state index is 8.29. The average Bonchev–Trinajstić information content (AvgIpc) is 1.81. The Morgan fingerprint density at radius 3 is 2.62 bits per heavy atom. The molecule has 0 saturated carbocycles. The first-order valence-electron chi connectivity index (χ1n) is 2.89. The fourth-order valence-electron chi connectivity index (χ4n) is 0.418. The molecule has 1 radical (unpaired) electrons. The van der Waals surface area contributed by atoms with Crippen LogP contribution in [0.25, 0.3) is 0 Å². The fourth-order valence-corrected chi connectivity index (χ4v) is 0.418. The van der Waals surface area contributed by atoms with Crippen molar-refractivity contribution >= 4 is 0 Å². The summed E-state index contributed by atoms with van der Waals surface area (Å²) in [6, 6.07) is 0. The van der Waals surface area contributed by atoms with E-state index in [9.17, 15) is 0 Å². The van der Waals surface area contributed by atoms with Crippen LogP contribution in [-0.2, 0) is 4.74 Å². The third-order valence-electron chi connectivity index (χ3n) is 0.841. The zero-order valence-corrected chi connectivity index (χ0v) is 5.10. The van der Waals surface area contributed by atoms with Gasteiger partial charge in [-0.05, 0) is 19.8 Å². The number of hydrogen-bond acceptors (Lipinski definition) is 2. The minimum Gasteiger partial charge on any atom is -0.396 e. The van der Waals surface area contributed by atoms with Crippen LogP contribution in [0.4, 0.5) is 0 Å². The fraction of sp³-hybridized carbons (Fsp3) is 0.833.